The molecule has 178 valence electrons. The van der Waals surface area contributed by atoms with Crippen LogP contribution < -0.4 is 4.90 Å². The van der Waals surface area contributed by atoms with Gasteiger partial charge < -0.3 is 4.55 Å². The second kappa shape index (κ2) is 9.45. The summed E-state index contributed by atoms with van der Waals surface area (Å²) in [6.07, 6.45) is 1.88. The molecule has 2 fully saturated rings. The van der Waals surface area contributed by atoms with Gasteiger partial charge in [0.2, 0.25) is 0 Å². The zero-order chi connectivity index (χ0) is 24.4. The Bertz CT molecular complexity index is 1130. The second-order valence-electron chi connectivity index (χ2n) is 9.84. The zero-order valence-corrected chi connectivity index (χ0v) is 20.4. The van der Waals surface area contributed by atoms with Crippen molar-refractivity contribution in [2.75, 3.05) is 5.75 Å². The predicted molar refractivity (Wildman–Crippen MR) is 132 cm³/mol. The Hall–Kier alpha value is -2.80. The highest BCUT2D eigenvalue weighted by Crippen LogP contribution is 2.64. The number of hydrogen-bond donors (Lipinski definition) is 1. The van der Waals surface area contributed by atoms with Crippen molar-refractivity contribution in [2.24, 2.45) is 16.7 Å². The van der Waals surface area contributed by atoms with Crippen molar-refractivity contribution >= 4 is 33.0 Å². The molecule has 0 radical (unpaired) electrons. The molecule has 2 saturated carbocycles. The van der Waals surface area contributed by atoms with Crippen LogP contribution in [0.25, 0.3) is 0 Å². The Labute approximate surface area is 202 Å². The average Bonchev–Trinajstić information content (AvgIpc) is 3.15. The summed E-state index contributed by atoms with van der Waals surface area (Å²) in [5.41, 5.74) is 2.53. The lowest BCUT2D eigenvalue weighted by Gasteiger charge is -2.37. The first-order chi connectivity index (χ1) is 16.1. The van der Waals surface area contributed by atoms with Crippen LogP contribution >= 0.6 is 0 Å². The number of nitrogens with one attached hydrogen (secondary N) is 1. The number of fused-ring (bicyclic) bond motifs is 2. The van der Waals surface area contributed by atoms with Gasteiger partial charge in [-0.1, -0.05) is 68.4 Å². The topological polar surface area (TPSA) is 78.7 Å². The molecule has 2 unspecified atom stereocenters. The third-order valence-electron chi connectivity index (χ3n) is 7.75. The first kappa shape index (κ1) is 24.3. The van der Waals surface area contributed by atoms with Gasteiger partial charge in [-0.05, 0) is 60.6 Å². The molecule has 0 aromatic heterocycles. The van der Waals surface area contributed by atoms with Gasteiger partial charge in [0.25, 0.3) is 0 Å². The highest BCUT2D eigenvalue weighted by Gasteiger charge is 2.64. The predicted octanol–water partition coefficient (Wildman–Crippen LogP) is 4.79. The Morgan fingerprint density at radius 1 is 0.824 bits per heavy atom. The van der Waals surface area contributed by atoms with Crippen molar-refractivity contribution in [1.29, 1.82) is 0 Å². The molecule has 0 amide bonds. The SMILES string of the molecule is CC1(C)C2CCC1(CS(=O)(=O)[O-])C(=O)C2.c1ccc([NH+](c2ccccc2)c2ccccc2)cc1. The molecule has 2 aliphatic rings. The number of ketones is 1. The standard InChI is InChI=1S/C18H15N.C10H16O4S/c1-4-10-16(11-5-1)19(17-12-6-2-7-13-17)18-14-8-3-9-15-18;1-9(2)7-3-4-10(9,8(11)5-7)6-15(12,13)14/h1-15H;7H,3-6H2,1-2H3,(H,12,13,14). The van der Waals surface area contributed by atoms with Crippen LogP contribution in [0.5, 0.6) is 0 Å². The van der Waals surface area contributed by atoms with Crippen molar-refractivity contribution in [1.82, 2.24) is 0 Å². The van der Waals surface area contributed by atoms with Gasteiger partial charge in [0.15, 0.2) is 0 Å². The fraction of sp³-hybridized carbons (Fsp3) is 0.321. The molecule has 34 heavy (non-hydrogen) atoms. The van der Waals surface area contributed by atoms with Gasteiger partial charge in [-0.25, -0.2) is 13.3 Å². The second-order valence-corrected chi connectivity index (χ2v) is 11.2. The summed E-state index contributed by atoms with van der Waals surface area (Å²) in [4.78, 5) is 13.1. The molecule has 3 aromatic rings. The maximum absolute atomic E-state index is 11.8. The van der Waals surface area contributed by atoms with Crippen LogP contribution in [0.4, 0.5) is 17.1 Å². The maximum atomic E-state index is 11.8. The van der Waals surface area contributed by atoms with E-state index in [2.05, 4.69) is 91.0 Å². The van der Waals surface area contributed by atoms with Crippen LogP contribution in [0.1, 0.15) is 33.1 Å². The van der Waals surface area contributed by atoms with E-state index in [4.69, 9.17) is 0 Å². The minimum Gasteiger partial charge on any atom is -0.748 e. The van der Waals surface area contributed by atoms with Crippen LogP contribution in [-0.2, 0) is 14.9 Å². The lowest BCUT2D eigenvalue weighted by molar-refractivity contribution is -0.681. The monoisotopic (exact) mass is 477 g/mol. The van der Waals surface area contributed by atoms with Crippen LogP contribution in [0.15, 0.2) is 91.0 Å². The quantitative estimate of drug-likeness (QED) is 0.536. The molecule has 3 aromatic carbocycles. The molecule has 0 saturated heterocycles. The Morgan fingerprint density at radius 2 is 1.24 bits per heavy atom. The first-order valence-corrected chi connectivity index (χ1v) is 13.2. The maximum Gasteiger partial charge on any atom is 0.141 e. The highest BCUT2D eigenvalue weighted by atomic mass is 32.2. The minimum absolute atomic E-state index is 0.0248. The number of para-hydroxylation sites is 3. The molecule has 0 heterocycles. The third-order valence-corrected chi connectivity index (χ3v) is 8.60. The highest BCUT2D eigenvalue weighted by molar-refractivity contribution is 7.85. The van der Waals surface area contributed by atoms with Gasteiger partial charge in [0, 0.05) is 11.8 Å². The number of carbonyl (C=O) groups excluding carboxylic acids is 1. The zero-order valence-electron chi connectivity index (χ0n) is 19.6. The molecule has 5 rings (SSSR count). The molecule has 0 spiro atoms. The molecule has 2 atom stereocenters. The normalized spacial score (nSPS) is 22.9. The van der Waals surface area contributed by atoms with Crippen LogP contribution in [-0.4, -0.2) is 24.5 Å². The van der Waals surface area contributed by atoms with Crippen LogP contribution in [0.3, 0.4) is 0 Å². The van der Waals surface area contributed by atoms with E-state index in [9.17, 15) is 17.8 Å². The Kier molecular flexibility index (Phi) is 6.76. The summed E-state index contributed by atoms with van der Waals surface area (Å²) in [5.74, 6) is -0.280. The third kappa shape index (κ3) is 4.71. The van der Waals surface area contributed by atoms with Gasteiger partial charge >= 0.3 is 0 Å². The lowest BCUT2D eigenvalue weighted by atomic mass is 9.70. The van der Waals surface area contributed by atoms with Gasteiger partial charge in [-0.2, -0.15) is 0 Å². The number of benzene rings is 3. The van der Waals surface area contributed by atoms with E-state index in [-0.39, 0.29) is 17.1 Å². The Morgan fingerprint density at radius 3 is 1.53 bits per heavy atom. The molecule has 0 aliphatic heterocycles. The summed E-state index contributed by atoms with van der Waals surface area (Å²) in [5, 5.41) is 0. The van der Waals surface area contributed by atoms with E-state index >= 15 is 0 Å². The van der Waals surface area contributed by atoms with Crippen LogP contribution in [0, 0.1) is 16.7 Å². The van der Waals surface area contributed by atoms with E-state index < -0.39 is 21.3 Å². The van der Waals surface area contributed by atoms with Crippen molar-refractivity contribution in [3.05, 3.63) is 91.0 Å². The van der Waals surface area contributed by atoms with E-state index in [1.165, 1.54) is 22.0 Å². The van der Waals surface area contributed by atoms with E-state index in [0.717, 1.165) is 6.42 Å². The summed E-state index contributed by atoms with van der Waals surface area (Å²) in [6.45, 7) is 3.83. The van der Waals surface area contributed by atoms with Crippen molar-refractivity contribution in [2.45, 2.75) is 33.1 Å². The Balaban J connectivity index is 0.000000166. The number of rotatable bonds is 5. The van der Waals surface area contributed by atoms with Crippen molar-refractivity contribution < 1.29 is 22.7 Å². The van der Waals surface area contributed by atoms with E-state index in [1.807, 2.05) is 13.8 Å². The molecular weight excluding hydrogens is 446 g/mol. The van der Waals surface area contributed by atoms with Gasteiger partial charge in [-0.15, -0.1) is 0 Å². The van der Waals surface area contributed by atoms with Gasteiger partial charge in [0.05, 0.1) is 15.9 Å². The summed E-state index contributed by atoms with van der Waals surface area (Å²) in [6, 6.07) is 31.6. The number of hydrogen-bond acceptors (Lipinski definition) is 4. The number of carbonyl (C=O) groups is 1. The smallest absolute Gasteiger partial charge is 0.141 e. The molecule has 2 aliphatic carbocycles. The molecule has 6 heteroatoms. The molecule has 5 nitrogen and oxygen atoms in total. The van der Waals surface area contributed by atoms with Crippen LogP contribution in [0.2, 0.25) is 0 Å². The lowest BCUT2D eigenvalue weighted by Crippen LogP contribution is -2.96. The molecular formula is C28H31NO4S. The fourth-order valence-corrected chi connectivity index (χ4v) is 7.01. The van der Waals surface area contributed by atoms with Gasteiger partial charge in [0.1, 0.15) is 22.8 Å². The number of Topliss-reactive ketones (excluding diaryl/α,β-unsaturated/α-hetero) is 1. The largest absolute Gasteiger partial charge is 0.748 e. The van der Waals surface area contributed by atoms with Crippen molar-refractivity contribution in [3.8, 4) is 0 Å². The first-order valence-electron chi connectivity index (χ1n) is 11.6. The molecule has 2 bridgehead atoms. The minimum atomic E-state index is -4.33. The van der Waals surface area contributed by atoms with E-state index in [1.54, 1.807) is 0 Å². The fourth-order valence-electron chi connectivity index (χ4n) is 5.72. The summed E-state index contributed by atoms with van der Waals surface area (Å²) >= 11 is 0. The van der Waals surface area contributed by atoms with Gasteiger partial charge in [-0.3, -0.25) is 4.79 Å². The molecule has 1 N–H and O–H groups in total. The summed E-state index contributed by atoms with van der Waals surface area (Å²) < 4.78 is 32.7. The average molecular weight is 478 g/mol. The summed E-state index contributed by atoms with van der Waals surface area (Å²) in [7, 11) is -4.33. The van der Waals surface area contributed by atoms with Crippen molar-refractivity contribution in [3.63, 3.8) is 0 Å². The van der Waals surface area contributed by atoms with E-state index in [0.29, 0.717) is 12.8 Å². The number of quaternary nitrogens is 1.